The highest BCUT2D eigenvalue weighted by Gasteiger charge is 2.49. The topological polar surface area (TPSA) is 349 Å². The number of hydrogen-bond acceptors (Lipinski definition) is 21. The molecule has 21 nitrogen and oxygen atoms in total. The van der Waals surface area contributed by atoms with Gasteiger partial charge in [0.2, 0.25) is 17.3 Å². The van der Waals surface area contributed by atoms with Crippen molar-refractivity contribution in [3.63, 3.8) is 0 Å². The van der Waals surface area contributed by atoms with Crippen molar-refractivity contribution in [3.05, 3.63) is 98.1 Å². The van der Waals surface area contributed by atoms with Crippen LogP contribution in [0.3, 0.4) is 0 Å². The summed E-state index contributed by atoms with van der Waals surface area (Å²) in [7, 11) is 1.34. The number of Topliss-reactive ketones (excluding diaryl/α,β-unsaturated/α-hetero) is 1. The average molecular weight is 1040 g/mol. The van der Waals surface area contributed by atoms with Gasteiger partial charge in [-0.2, -0.15) is 0 Å². The van der Waals surface area contributed by atoms with E-state index in [1.165, 1.54) is 44.4 Å². The highest BCUT2D eigenvalue weighted by atomic mass is 35.5. The summed E-state index contributed by atoms with van der Waals surface area (Å²) in [6.07, 6.45) is -4.53. The minimum Gasteiger partial charge on any atom is -0.507 e. The Balaban J connectivity index is 0.000000264. The predicted molar refractivity (Wildman–Crippen MR) is 265 cm³/mol. The monoisotopic (exact) mass is 1040 g/mol. The Kier molecular flexibility index (Phi) is 18.8. The van der Waals surface area contributed by atoms with Crippen LogP contribution in [0.25, 0.3) is 0 Å². The fraction of sp³-hybridized carbons (Fsp3) is 0.408. The van der Waals surface area contributed by atoms with Gasteiger partial charge < -0.3 is 82.1 Å². The number of aliphatic hydroxyl groups excluding tert-OH is 3. The molecule has 0 spiro atoms. The summed E-state index contributed by atoms with van der Waals surface area (Å²) in [6.45, 7) is 5.60. The number of aliphatic hydroxyl groups is 4. The van der Waals surface area contributed by atoms with Crippen molar-refractivity contribution in [2.75, 3.05) is 70.2 Å². The molecule has 8 rings (SSSR count). The first-order valence-corrected chi connectivity index (χ1v) is 22.7. The number of nitrogens with two attached hydrogens (primary N) is 1. The molecule has 3 aliphatic carbocycles. The molecule has 4 aromatic rings. The Bertz CT molecular complexity index is 2650. The van der Waals surface area contributed by atoms with Gasteiger partial charge in [-0.05, 0) is 44.2 Å². The number of anilines is 2. The summed E-state index contributed by atoms with van der Waals surface area (Å²) < 4.78 is 17.1. The van der Waals surface area contributed by atoms with E-state index in [9.17, 15) is 54.6 Å². The number of phenolic OH excluding ortho intramolecular Hbond substituents is 4. The van der Waals surface area contributed by atoms with Crippen LogP contribution in [0.5, 0.6) is 28.7 Å². The van der Waals surface area contributed by atoms with E-state index >= 15 is 0 Å². The van der Waals surface area contributed by atoms with Gasteiger partial charge in [0.05, 0.1) is 77.6 Å². The smallest absolute Gasteiger partial charge is 0.202 e. The molecule has 1 saturated heterocycles. The molecule has 0 saturated carbocycles. The number of hydrogen-bond donors (Lipinski definition) is 13. The zero-order chi connectivity index (χ0) is 50.8. The van der Waals surface area contributed by atoms with Crippen molar-refractivity contribution >= 4 is 65.1 Å². The minimum atomic E-state index is -2.00. The molecule has 23 heteroatoms. The maximum atomic E-state index is 13.6. The molecule has 0 radical (unpaired) electrons. The zero-order valence-electron chi connectivity index (χ0n) is 39.4. The highest BCUT2D eigenvalue weighted by Crippen LogP contribution is 2.53. The van der Waals surface area contributed by atoms with E-state index in [4.69, 9.17) is 30.2 Å². The third kappa shape index (κ3) is 10.7. The number of ether oxygens (including phenoxy) is 3. The number of benzene rings is 4. The number of aromatic hydroxyl groups is 4. The van der Waals surface area contributed by atoms with Crippen LogP contribution in [0.1, 0.15) is 108 Å². The second-order valence-corrected chi connectivity index (χ2v) is 17.4. The van der Waals surface area contributed by atoms with E-state index in [0.717, 1.165) is 0 Å². The summed E-state index contributed by atoms with van der Waals surface area (Å²) in [4.78, 5) is 66.3. The lowest BCUT2D eigenvalue weighted by Gasteiger charge is -2.42. The third-order valence-electron chi connectivity index (χ3n) is 12.9. The standard InChI is InChI=1S/C27H29NO10.C22H28N4O6.2ClH/c1-10-22(30)14(28)7-17(37-10)38-16-9-27(35,11(2)29)8-13-19(16)26(34)21-20(24(13)32)23(31)12-5-4-6-15(36-3)18(12)25(21)33;27-11-9-23-5-7-25-13-1-2-14(26-8-6-24-10-12-28)18-17(13)21(31)19-15(29)3-4-16(30)20(19)22(18)32;;/h4-6,10,14,16-17,22,30,32,34-35H,7-9,28H2,1-3H3;1-4,23-30H,5-12H2;2*1H/t10-,14-,16-,17-,22+,27-;;;/m0.../s1. The molecule has 14 N–H and O–H groups in total. The molecular weight excluding hydrogens is 985 g/mol. The van der Waals surface area contributed by atoms with Crippen LogP contribution in [0.4, 0.5) is 11.4 Å². The normalized spacial score (nSPS) is 21.5. The lowest BCUT2D eigenvalue weighted by atomic mass is 9.72. The molecule has 4 aliphatic rings. The predicted octanol–water partition coefficient (Wildman–Crippen LogP) is 1.73. The van der Waals surface area contributed by atoms with Gasteiger partial charge in [-0.25, -0.2) is 0 Å². The molecule has 72 heavy (non-hydrogen) atoms. The van der Waals surface area contributed by atoms with Crippen LogP contribution in [-0.2, 0) is 20.7 Å². The fourth-order valence-corrected chi connectivity index (χ4v) is 9.30. The van der Waals surface area contributed by atoms with Crippen molar-refractivity contribution < 1.29 is 79.0 Å². The molecule has 0 aromatic heterocycles. The first-order valence-electron chi connectivity index (χ1n) is 22.7. The summed E-state index contributed by atoms with van der Waals surface area (Å²) in [5.41, 5.74) is 3.65. The molecule has 0 bridgehead atoms. The number of fused-ring (bicyclic) bond motifs is 5. The van der Waals surface area contributed by atoms with Crippen LogP contribution in [0, 0.1) is 0 Å². The van der Waals surface area contributed by atoms with Crippen LogP contribution in [0.15, 0.2) is 42.5 Å². The fourth-order valence-electron chi connectivity index (χ4n) is 9.30. The van der Waals surface area contributed by atoms with Gasteiger partial charge in [0.25, 0.3) is 0 Å². The quantitative estimate of drug-likeness (QED) is 0.0485. The van der Waals surface area contributed by atoms with Gasteiger partial charge in [0.15, 0.2) is 17.9 Å². The molecule has 1 fully saturated rings. The van der Waals surface area contributed by atoms with E-state index in [0.29, 0.717) is 50.6 Å². The second kappa shape index (κ2) is 23.7. The first-order chi connectivity index (χ1) is 33.4. The number of ketones is 5. The van der Waals surface area contributed by atoms with E-state index in [1.54, 1.807) is 19.1 Å². The Morgan fingerprint density at radius 1 is 0.736 bits per heavy atom. The number of rotatable bonds is 16. The van der Waals surface area contributed by atoms with E-state index < -0.39 is 94.2 Å². The molecule has 0 unspecified atom stereocenters. The number of carbonyl (C=O) groups is 5. The first kappa shape index (κ1) is 57.0. The van der Waals surface area contributed by atoms with Gasteiger partial charge >= 0.3 is 0 Å². The molecule has 4 aromatic carbocycles. The number of phenols is 4. The summed E-state index contributed by atoms with van der Waals surface area (Å²) in [6, 6.07) is 9.49. The highest BCUT2D eigenvalue weighted by molar-refractivity contribution is 6.34. The average Bonchev–Trinajstić information content (AvgIpc) is 3.33. The van der Waals surface area contributed by atoms with Crippen molar-refractivity contribution in [1.29, 1.82) is 0 Å². The molecule has 6 atom stereocenters. The zero-order valence-corrected chi connectivity index (χ0v) is 41.1. The van der Waals surface area contributed by atoms with Crippen molar-refractivity contribution in [2.24, 2.45) is 5.73 Å². The lowest BCUT2D eigenvalue weighted by Crippen LogP contribution is -2.52. The molecule has 1 heterocycles. The summed E-state index contributed by atoms with van der Waals surface area (Å²) in [5.74, 6) is -5.04. The van der Waals surface area contributed by atoms with Gasteiger partial charge in [0.1, 0.15) is 34.3 Å². The summed E-state index contributed by atoms with van der Waals surface area (Å²) >= 11 is 0. The van der Waals surface area contributed by atoms with Gasteiger partial charge in [0, 0.05) is 92.6 Å². The van der Waals surface area contributed by atoms with E-state index in [-0.39, 0.29) is 113 Å². The third-order valence-corrected chi connectivity index (χ3v) is 12.9. The SMILES string of the molecule is COc1cccc2c1C(=O)c1c(O)c3c(c(O)c1C2=O)C[C@@](O)(C(C)=O)C[C@@H]3O[C@H]1C[C@H](N)[C@H](O)[C@H](C)O1.Cl.Cl.O=C1c2c(O)ccc(O)c2C(=O)c2c(NCCNCCO)ccc(NCCNCCO)c21. The number of halogens is 2. The second-order valence-electron chi connectivity index (χ2n) is 17.4. The van der Waals surface area contributed by atoms with Crippen LogP contribution in [-0.4, -0.2) is 160 Å². The Hall–Kier alpha value is -5.95. The molecular formula is C49H59Cl2N5O16. The van der Waals surface area contributed by atoms with Gasteiger partial charge in [-0.15, -0.1) is 24.8 Å². The van der Waals surface area contributed by atoms with E-state index in [1.807, 2.05) is 0 Å². The number of nitrogens with one attached hydrogen (secondary N) is 4. The molecule has 390 valence electrons. The Morgan fingerprint density at radius 3 is 1.76 bits per heavy atom. The van der Waals surface area contributed by atoms with Crippen LogP contribution < -0.4 is 31.7 Å². The number of methoxy groups -OCH3 is 1. The minimum absolute atomic E-state index is 0. The maximum Gasteiger partial charge on any atom is 0.202 e. The van der Waals surface area contributed by atoms with Crippen molar-refractivity contribution in [3.8, 4) is 28.7 Å². The van der Waals surface area contributed by atoms with Gasteiger partial charge in [-0.1, -0.05) is 12.1 Å². The van der Waals surface area contributed by atoms with Crippen LogP contribution >= 0.6 is 24.8 Å². The largest absolute Gasteiger partial charge is 0.507 e. The molecule has 0 amide bonds. The maximum absolute atomic E-state index is 13.6. The van der Waals surface area contributed by atoms with Crippen molar-refractivity contribution in [1.82, 2.24) is 10.6 Å². The van der Waals surface area contributed by atoms with Crippen LogP contribution in [0.2, 0.25) is 0 Å². The Labute approximate surface area is 425 Å². The van der Waals surface area contributed by atoms with E-state index in [2.05, 4.69) is 21.3 Å². The van der Waals surface area contributed by atoms with Crippen molar-refractivity contribution in [2.45, 2.75) is 69.4 Å². The van der Waals surface area contributed by atoms with Gasteiger partial charge in [-0.3, -0.25) is 24.0 Å². The Morgan fingerprint density at radius 2 is 1.26 bits per heavy atom. The molecule has 1 aliphatic heterocycles. The summed E-state index contributed by atoms with van der Waals surface area (Å²) in [5, 5.41) is 94.7. The number of carbonyl (C=O) groups excluding carboxylic acids is 5. The lowest BCUT2D eigenvalue weighted by molar-refractivity contribution is -0.247.